The standard InChI is InChI=1S/C18H19NO4S/c20-18(21)17-11-16(24(22,23)15-9-5-2-6-10-15)13-19(17)12-14-7-3-1-4-8-14/h1-10,16-17H,11-13H2,(H,20,21). The molecule has 2 aromatic rings. The first kappa shape index (κ1) is 16.7. The van der Waals surface area contributed by atoms with Crippen LogP contribution < -0.4 is 0 Å². The number of sulfone groups is 1. The molecule has 24 heavy (non-hydrogen) atoms. The molecule has 1 saturated heterocycles. The molecule has 126 valence electrons. The van der Waals surface area contributed by atoms with Gasteiger partial charge >= 0.3 is 5.97 Å². The van der Waals surface area contributed by atoms with Crippen LogP contribution in [0, 0.1) is 0 Å². The first-order chi connectivity index (χ1) is 11.5. The van der Waals surface area contributed by atoms with Gasteiger partial charge in [0.25, 0.3) is 0 Å². The number of nitrogens with zero attached hydrogens (tertiary/aromatic N) is 1. The predicted molar refractivity (Wildman–Crippen MR) is 90.3 cm³/mol. The summed E-state index contributed by atoms with van der Waals surface area (Å²) in [6, 6.07) is 17.0. The Morgan fingerprint density at radius 1 is 1.04 bits per heavy atom. The Bertz CT molecular complexity index is 805. The summed E-state index contributed by atoms with van der Waals surface area (Å²) in [4.78, 5) is 13.6. The summed E-state index contributed by atoms with van der Waals surface area (Å²) in [7, 11) is -3.54. The number of carboxylic acids is 1. The minimum Gasteiger partial charge on any atom is -0.480 e. The quantitative estimate of drug-likeness (QED) is 0.899. The summed E-state index contributed by atoms with van der Waals surface area (Å²) < 4.78 is 25.6. The molecule has 3 rings (SSSR count). The largest absolute Gasteiger partial charge is 0.480 e. The lowest BCUT2D eigenvalue weighted by molar-refractivity contribution is -0.142. The minimum absolute atomic E-state index is 0.111. The molecule has 0 saturated carbocycles. The Morgan fingerprint density at radius 3 is 2.21 bits per heavy atom. The van der Waals surface area contributed by atoms with E-state index in [9.17, 15) is 18.3 Å². The number of benzene rings is 2. The van der Waals surface area contributed by atoms with Crippen LogP contribution in [0.25, 0.3) is 0 Å². The third-order valence-electron chi connectivity index (χ3n) is 4.39. The molecule has 1 aliphatic heterocycles. The summed E-state index contributed by atoms with van der Waals surface area (Å²) >= 11 is 0. The number of carbonyl (C=O) groups is 1. The fourth-order valence-corrected chi connectivity index (χ4v) is 4.88. The zero-order chi connectivity index (χ0) is 17.2. The molecular formula is C18H19NO4S. The highest BCUT2D eigenvalue weighted by atomic mass is 32.2. The minimum atomic E-state index is -3.54. The van der Waals surface area contributed by atoms with Crippen LogP contribution in [0.2, 0.25) is 0 Å². The second-order valence-corrected chi connectivity index (χ2v) is 8.21. The molecule has 2 atom stereocenters. The Kier molecular flexibility index (Phi) is 4.69. The van der Waals surface area contributed by atoms with Crippen LogP contribution in [0.1, 0.15) is 12.0 Å². The van der Waals surface area contributed by atoms with E-state index in [4.69, 9.17) is 0 Å². The number of hydrogen-bond acceptors (Lipinski definition) is 4. The van der Waals surface area contributed by atoms with E-state index in [2.05, 4.69) is 0 Å². The summed E-state index contributed by atoms with van der Waals surface area (Å²) in [6.45, 7) is 0.654. The van der Waals surface area contributed by atoms with Crippen LogP contribution in [-0.2, 0) is 21.2 Å². The molecular weight excluding hydrogens is 326 g/mol. The van der Waals surface area contributed by atoms with E-state index in [-0.39, 0.29) is 17.9 Å². The molecule has 1 N–H and O–H groups in total. The smallest absolute Gasteiger partial charge is 0.320 e. The lowest BCUT2D eigenvalue weighted by atomic mass is 10.2. The molecule has 2 unspecified atom stereocenters. The normalized spacial score (nSPS) is 21.7. The van der Waals surface area contributed by atoms with Gasteiger partial charge in [-0.15, -0.1) is 0 Å². The van der Waals surface area contributed by atoms with Crippen molar-refractivity contribution in [1.82, 2.24) is 4.90 Å². The number of rotatable bonds is 5. The van der Waals surface area contributed by atoms with E-state index in [1.165, 1.54) is 0 Å². The lowest BCUT2D eigenvalue weighted by Crippen LogP contribution is -2.35. The summed E-state index contributed by atoms with van der Waals surface area (Å²) in [5, 5.41) is 8.78. The Hall–Kier alpha value is -2.18. The molecule has 0 spiro atoms. The topological polar surface area (TPSA) is 74.7 Å². The van der Waals surface area contributed by atoms with Crippen molar-refractivity contribution in [2.24, 2.45) is 0 Å². The van der Waals surface area contributed by atoms with Gasteiger partial charge in [0.1, 0.15) is 6.04 Å². The highest BCUT2D eigenvalue weighted by Crippen LogP contribution is 2.29. The number of hydrogen-bond donors (Lipinski definition) is 1. The van der Waals surface area contributed by atoms with Crippen molar-refractivity contribution in [3.63, 3.8) is 0 Å². The molecule has 1 heterocycles. The maximum absolute atomic E-state index is 12.8. The zero-order valence-corrected chi connectivity index (χ0v) is 13.9. The molecule has 5 nitrogen and oxygen atoms in total. The van der Waals surface area contributed by atoms with Crippen molar-refractivity contribution in [1.29, 1.82) is 0 Å². The Balaban J connectivity index is 1.84. The van der Waals surface area contributed by atoms with Crippen molar-refractivity contribution in [2.75, 3.05) is 6.54 Å². The number of carboxylic acid groups (broad SMARTS) is 1. The second kappa shape index (κ2) is 6.75. The van der Waals surface area contributed by atoms with Gasteiger partial charge in [0, 0.05) is 13.1 Å². The van der Waals surface area contributed by atoms with Gasteiger partial charge in [-0.2, -0.15) is 0 Å². The van der Waals surface area contributed by atoms with Crippen molar-refractivity contribution in [2.45, 2.75) is 29.2 Å². The van der Waals surface area contributed by atoms with Gasteiger partial charge in [0.05, 0.1) is 10.1 Å². The highest BCUT2D eigenvalue weighted by Gasteiger charge is 2.43. The predicted octanol–water partition coefficient (Wildman–Crippen LogP) is 2.19. The van der Waals surface area contributed by atoms with Gasteiger partial charge in [-0.1, -0.05) is 48.5 Å². The SMILES string of the molecule is O=C(O)C1CC(S(=O)(=O)c2ccccc2)CN1Cc1ccccc1. The van der Waals surface area contributed by atoms with Gasteiger partial charge in [0.15, 0.2) is 9.84 Å². The molecule has 0 aliphatic carbocycles. The third-order valence-corrected chi connectivity index (χ3v) is 6.54. The first-order valence-corrected chi connectivity index (χ1v) is 9.33. The molecule has 2 aromatic carbocycles. The van der Waals surface area contributed by atoms with Crippen LogP contribution in [0.3, 0.4) is 0 Å². The van der Waals surface area contributed by atoms with Crippen LogP contribution >= 0.6 is 0 Å². The average molecular weight is 345 g/mol. The molecule has 0 aromatic heterocycles. The summed E-state index contributed by atoms with van der Waals surface area (Å²) in [6.07, 6.45) is 0.111. The summed E-state index contributed by atoms with van der Waals surface area (Å²) in [5.74, 6) is -0.975. The van der Waals surface area contributed by atoms with E-state index < -0.39 is 27.1 Å². The van der Waals surface area contributed by atoms with Crippen LogP contribution in [0.4, 0.5) is 0 Å². The molecule has 0 radical (unpaired) electrons. The van der Waals surface area contributed by atoms with Gasteiger partial charge in [-0.25, -0.2) is 8.42 Å². The maximum atomic E-state index is 12.8. The Labute approximate surface area is 141 Å². The van der Waals surface area contributed by atoms with E-state index in [0.717, 1.165) is 5.56 Å². The van der Waals surface area contributed by atoms with Crippen LogP contribution in [0.5, 0.6) is 0 Å². The van der Waals surface area contributed by atoms with E-state index >= 15 is 0 Å². The van der Waals surface area contributed by atoms with Crippen molar-refractivity contribution in [3.05, 3.63) is 66.2 Å². The van der Waals surface area contributed by atoms with Gasteiger partial charge in [-0.3, -0.25) is 9.69 Å². The second-order valence-electron chi connectivity index (χ2n) is 5.98. The monoisotopic (exact) mass is 345 g/mol. The fraction of sp³-hybridized carbons (Fsp3) is 0.278. The van der Waals surface area contributed by atoms with Gasteiger partial charge in [-0.05, 0) is 24.1 Å². The van der Waals surface area contributed by atoms with Crippen LogP contribution in [0.15, 0.2) is 65.6 Å². The van der Waals surface area contributed by atoms with Gasteiger partial charge < -0.3 is 5.11 Å². The number of likely N-dealkylation sites (tertiary alicyclic amines) is 1. The first-order valence-electron chi connectivity index (χ1n) is 7.78. The highest BCUT2D eigenvalue weighted by molar-refractivity contribution is 7.92. The van der Waals surface area contributed by atoms with E-state index in [0.29, 0.717) is 6.54 Å². The molecule has 1 fully saturated rings. The zero-order valence-electron chi connectivity index (χ0n) is 13.1. The van der Waals surface area contributed by atoms with Crippen molar-refractivity contribution < 1.29 is 18.3 Å². The third kappa shape index (κ3) is 3.34. The summed E-state index contributed by atoms with van der Waals surface area (Å²) in [5.41, 5.74) is 0.974. The fourth-order valence-electron chi connectivity index (χ4n) is 3.14. The van der Waals surface area contributed by atoms with Crippen LogP contribution in [-0.4, -0.2) is 42.2 Å². The van der Waals surface area contributed by atoms with E-state index in [1.807, 2.05) is 30.3 Å². The molecule has 6 heteroatoms. The van der Waals surface area contributed by atoms with Gasteiger partial charge in [0.2, 0.25) is 0 Å². The molecule has 0 bridgehead atoms. The average Bonchev–Trinajstić information content (AvgIpc) is 3.01. The lowest BCUT2D eigenvalue weighted by Gasteiger charge is -2.20. The maximum Gasteiger partial charge on any atom is 0.320 e. The van der Waals surface area contributed by atoms with Crippen molar-refractivity contribution >= 4 is 15.8 Å². The molecule has 1 aliphatic rings. The van der Waals surface area contributed by atoms with E-state index in [1.54, 1.807) is 35.2 Å². The van der Waals surface area contributed by atoms with Crippen molar-refractivity contribution in [3.8, 4) is 0 Å². The number of aliphatic carboxylic acids is 1. The molecule has 0 amide bonds. The Morgan fingerprint density at radius 2 is 1.62 bits per heavy atom.